The van der Waals surface area contributed by atoms with Gasteiger partial charge in [-0.25, -0.2) is 0 Å². The van der Waals surface area contributed by atoms with E-state index in [1.807, 2.05) is 19.1 Å². The first kappa shape index (κ1) is 13.4. The van der Waals surface area contributed by atoms with Crippen LogP contribution in [0, 0.1) is 6.92 Å². The molecule has 4 nitrogen and oxygen atoms in total. The fourth-order valence-electron chi connectivity index (χ4n) is 2.45. The molecule has 1 saturated heterocycles. The number of hydrogen-bond donors (Lipinski definition) is 2. The molecule has 102 valence electrons. The third-order valence-electron chi connectivity index (χ3n) is 3.75. The highest BCUT2D eigenvalue weighted by molar-refractivity contribution is 5.31. The van der Waals surface area contributed by atoms with Crippen LogP contribution in [0.5, 0.6) is 0 Å². The smallest absolute Gasteiger partial charge is 0.193 e. The first-order chi connectivity index (χ1) is 8.58. The van der Waals surface area contributed by atoms with Gasteiger partial charge in [-0.2, -0.15) is 0 Å². The maximum absolute atomic E-state index is 5.51. The molecular weight excluding hydrogens is 226 g/mol. The number of rotatable bonds is 5. The van der Waals surface area contributed by atoms with E-state index in [0.29, 0.717) is 0 Å². The van der Waals surface area contributed by atoms with Crippen LogP contribution in [-0.4, -0.2) is 43.2 Å². The van der Waals surface area contributed by atoms with E-state index < -0.39 is 0 Å². The maximum Gasteiger partial charge on any atom is 0.193 e. The van der Waals surface area contributed by atoms with Gasteiger partial charge in [-0.3, -0.25) is 4.90 Å². The Morgan fingerprint density at radius 2 is 2.06 bits per heavy atom. The quantitative estimate of drug-likeness (QED) is 0.840. The number of furan rings is 1. The molecule has 0 unspecified atom stereocenters. The van der Waals surface area contributed by atoms with Crippen molar-refractivity contribution in [1.29, 1.82) is 0 Å². The highest BCUT2D eigenvalue weighted by Crippen LogP contribution is 2.20. The second-order valence-corrected chi connectivity index (χ2v) is 5.64. The zero-order chi connectivity index (χ0) is 13.0. The van der Waals surface area contributed by atoms with E-state index in [0.717, 1.165) is 50.8 Å². The monoisotopic (exact) mass is 251 g/mol. The van der Waals surface area contributed by atoms with E-state index in [4.69, 9.17) is 4.42 Å². The summed E-state index contributed by atoms with van der Waals surface area (Å²) in [6.07, 6.45) is 1.12. The Balaban J connectivity index is 1.77. The summed E-state index contributed by atoms with van der Waals surface area (Å²) in [5.41, 5.74) is 0.247. The molecule has 0 bridgehead atoms. The minimum atomic E-state index is 0.247. The van der Waals surface area contributed by atoms with Gasteiger partial charge in [0.25, 0.3) is 0 Å². The minimum absolute atomic E-state index is 0.247. The molecule has 0 spiro atoms. The molecule has 0 saturated carbocycles. The topological polar surface area (TPSA) is 40.4 Å². The Bertz CT molecular complexity index is 367. The first-order valence-electron chi connectivity index (χ1n) is 6.84. The molecule has 2 heterocycles. The summed E-state index contributed by atoms with van der Waals surface area (Å²) in [5, 5.41) is 6.75. The maximum atomic E-state index is 5.51. The Morgan fingerprint density at radius 1 is 1.33 bits per heavy atom. The Kier molecular flexibility index (Phi) is 4.30. The predicted molar refractivity (Wildman–Crippen MR) is 75.1 cm³/mol. The molecule has 2 N–H and O–H groups in total. The molecular formula is C14H25N3O. The molecule has 0 atom stereocenters. The van der Waals surface area contributed by atoms with Gasteiger partial charge >= 0.3 is 0 Å². The molecule has 2 rings (SSSR count). The van der Waals surface area contributed by atoms with Crippen molar-refractivity contribution in [3.63, 3.8) is 0 Å². The zero-order valence-corrected chi connectivity index (χ0v) is 11.8. The van der Waals surface area contributed by atoms with E-state index >= 15 is 0 Å². The number of piperazine rings is 1. The molecule has 1 aliphatic rings. The Morgan fingerprint density at radius 3 is 2.67 bits per heavy atom. The van der Waals surface area contributed by atoms with Crippen molar-refractivity contribution in [2.24, 2.45) is 0 Å². The van der Waals surface area contributed by atoms with Crippen LogP contribution in [0.15, 0.2) is 16.5 Å². The first-order valence-corrected chi connectivity index (χ1v) is 6.84. The summed E-state index contributed by atoms with van der Waals surface area (Å²) >= 11 is 0. The lowest BCUT2D eigenvalue weighted by Crippen LogP contribution is -2.53. The van der Waals surface area contributed by atoms with E-state index in [1.165, 1.54) is 0 Å². The lowest BCUT2D eigenvalue weighted by molar-refractivity contribution is 0.0986. The number of nitrogens with zero attached hydrogens (tertiary/aromatic N) is 1. The standard InChI is InChI=1S/C14H25N3O/c1-12-4-5-13(18-12)16-7-6-14(2,3)17-10-8-15-9-11-17/h4-5,15-16H,6-11H2,1-3H3. The number of anilines is 1. The van der Waals surface area contributed by atoms with Crippen LogP contribution in [0.3, 0.4) is 0 Å². The third kappa shape index (κ3) is 3.50. The van der Waals surface area contributed by atoms with Gasteiger partial charge in [0.15, 0.2) is 5.88 Å². The van der Waals surface area contributed by atoms with Crippen LogP contribution in [0.4, 0.5) is 5.88 Å². The molecule has 0 aliphatic carbocycles. The summed E-state index contributed by atoms with van der Waals surface area (Å²) in [5.74, 6) is 1.84. The van der Waals surface area contributed by atoms with Gasteiger partial charge in [0, 0.05) is 44.3 Å². The van der Waals surface area contributed by atoms with Crippen molar-refractivity contribution in [3.8, 4) is 0 Å². The van der Waals surface area contributed by atoms with E-state index in [2.05, 4.69) is 29.4 Å². The molecule has 1 aliphatic heterocycles. The van der Waals surface area contributed by atoms with Crippen LogP contribution in [0.1, 0.15) is 26.0 Å². The van der Waals surface area contributed by atoms with E-state index in [-0.39, 0.29) is 5.54 Å². The lowest BCUT2D eigenvalue weighted by Gasteiger charge is -2.41. The Hall–Kier alpha value is -1.00. The summed E-state index contributed by atoms with van der Waals surface area (Å²) in [6, 6.07) is 3.98. The van der Waals surface area contributed by atoms with Crippen LogP contribution >= 0.6 is 0 Å². The van der Waals surface area contributed by atoms with Crippen molar-refractivity contribution in [1.82, 2.24) is 10.2 Å². The van der Waals surface area contributed by atoms with Crippen molar-refractivity contribution >= 4 is 5.88 Å². The average molecular weight is 251 g/mol. The fraction of sp³-hybridized carbons (Fsp3) is 0.714. The van der Waals surface area contributed by atoms with E-state index in [1.54, 1.807) is 0 Å². The van der Waals surface area contributed by atoms with Crippen molar-refractivity contribution in [2.45, 2.75) is 32.7 Å². The summed E-state index contributed by atoms with van der Waals surface area (Å²) in [7, 11) is 0. The highest BCUT2D eigenvalue weighted by Gasteiger charge is 2.27. The second kappa shape index (κ2) is 5.76. The predicted octanol–water partition coefficient (Wildman–Crippen LogP) is 2.07. The number of nitrogens with one attached hydrogen (secondary N) is 2. The largest absolute Gasteiger partial charge is 0.446 e. The zero-order valence-electron chi connectivity index (χ0n) is 11.8. The molecule has 18 heavy (non-hydrogen) atoms. The number of aryl methyl sites for hydroxylation is 1. The molecule has 0 amide bonds. The highest BCUT2D eigenvalue weighted by atomic mass is 16.4. The van der Waals surface area contributed by atoms with Crippen LogP contribution in [0.2, 0.25) is 0 Å². The van der Waals surface area contributed by atoms with Gasteiger partial charge < -0.3 is 15.1 Å². The SMILES string of the molecule is Cc1ccc(NCCC(C)(C)N2CCNCC2)o1. The molecule has 4 heteroatoms. The lowest BCUT2D eigenvalue weighted by atomic mass is 9.97. The fourth-order valence-corrected chi connectivity index (χ4v) is 2.45. The normalized spacial score (nSPS) is 17.9. The number of hydrogen-bond acceptors (Lipinski definition) is 4. The van der Waals surface area contributed by atoms with Gasteiger partial charge in [-0.05, 0) is 33.3 Å². The van der Waals surface area contributed by atoms with Crippen molar-refractivity contribution in [2.75, 3.05) is 38.0 Å². The van der Waals surface area contributed by atoms with Crippen molar-refractivity contribution < 1.29 is 4.42 Å². The van der Waals surface area contributed by atoms with Crippen LogP contribution in [-0.2, 0) is 0 Å². The molecule has 1 aromatic rings. The molecule has 1 fully saturated rings. The summed E-state index contributed by atoms with van der Waals surface area (Å²) < 4.78 is 5.51. The van der Waals surface area contributed by atoms with Gasteiger partial charge in [0.1, 0.15) is 5.76 Å². The van der Waals surface area contributed by atoms with E-state index in [9.17, 15) is 0 Å². The summed E-state index contributed by atoms with van der Waals surface area (Å²) in [4.78, 5) is 2.57. The van der Waals surface area contributed by atoms with Gasteiger partial charge in [0.05, 0.1) is 0 Å². The second-order valence-electron chi connectivity index (χ2n) is 5.64. The van der Waals surface area contributed by atoms with Crippen LogP contribution < -0.4 is 10.6 Å². The minimum Gasteiger partial charge on any atom is -0.446 e. The molecule has 0 radical (unpaired) electrons. The molecule has 0 aromatic carbocycles. The van der Waals surface area contributed by atoms with Gasteiger partial charge in [-0.1, -0.05) is 0 Å². The molecule has 1 aromatic heterocycles. The van der Waals surface area contributed by atoms with Gasteiger partial charge in [-0.15, -0.1) is 0 Å². The Labute approximate surface area is 110 Å². The van der Waals surface area contributed by atoms with Gasteiger partial charge in [0.2, 0.25) is 0 Å². The van der Waals surface area contributed by atoms with Crippen molar-refractivity contribution in [3.05, 3.63) is 17.9 Å². The van der Waals surface area contributed by atoms with Crippen LogP contribution in [0.25, 0.3) is 0 Å². The average Bonchev–Trinajstić information content (AvgIpc) is 2.76. The summed E-state index contributed by atoms with van der Waals surface area (Å²) in [6.45, 7) is 12.1. The third-order valence-corrected chi connectivity index (χ3v) is 3.75.